The summed E-state index contributed by atoms with van der Waals surface area (Å²) in [7, 11) is 1.96. The third-order valence-electron chi connectivity index (χ3n) is 2.38. The van der Waals surface area contributed by atoms with E-state index in [4.69, 9.17) is 9.52 Å². The predicted molar refractivity (Wildman–Crippen MR) is 58.4 cm³/mol. The van der Waals surface area contributed by atoms with Crippen molar-refractivity contribution >= 4 is 0 Å². The molecular weight excluding hydrogens is 206 g/mol. The minimum absolute atomic E-state index is 0.0562. The molecule has 0 fully saturated rings. The zero-order valence-corrected chi connectivity index (χ0v) is 9.18. The molecule has 2 N–H and O–H groups in total. The van der Waals surface area contributed by atoms with E-state index in [1.54, 1.807) is 12.3 Å². The lowest BCUT2D eigenvalue weighted by atomic mass is 10.4. The molecule has 2 aromatic rings. The lowest BCUT2D eigenvalue weighted by molar-refractivity contribution is 0.242. The standard InChI is InChI=1S/C11H15N3O2/c1-14-5-4-13-11(14)7-12-6-9-2-3-10(8-15)16-9/h2-5,12,15H,6-8H2,1H3. The lowest BCUT2D eigenvalue weighted by Gasteiger charge is -2.02. The first-order chi connectivity index (χ1) is 7.79. The summed E-state index contributed by atoms with van der Waals surface area (Å²) in [5.41, 5.74) is 0. The minimum Gasteiger partial charge on any atom is -0.462 e. The molecule has 0 saturated heterocycles. The Kier molecular flexibility index (Phi) is 3.38. The normalized spacial score (nSPS) is 10.9. The van der Waals surface area contributed by atoms with Crippen LogP contribution in [0.1, 0.15) is 17.3 Å². The summed E-state index contributed by atoms with van der Waals surface area (Å²) in [5.74, 6) is 2.39. The van der Waals surface area contributed by atoms with E-state index >= 15 is 0 Å². The van der Waals surface area contributed by atoms with E-state index in [1.807, 2.05) is 23.9 Å². The van der Waals surface area contributed by atoms with Crippen LogP contribution >= 0.6 is 0 Å². The second-order valence-electron chi connectivity index (χ2n) is 3.58. The molecule has 0 aromatic carbocycles. The maximum Gasteiger partial charge on any atom is 0.129 e. The first kappa shape index (κ1) is 10.9. The highest BCUT2D eigenvalue weighted by Gasteiger charge is 2.02. The Morgan fingerprint density at radius 1 is 1.38 bits per heavy atom. The Balaban J connectivity index is 1.82. The van der Waals surface area contributed by atoms with Gasteiger partial charge in [0.25, 0.3) is 0 Å². The van der Waals surface area contributed by atoms with Crippen molar-refractivity contribution in [3.8, 4) is 0 Å². The fourth-order valence-corrected chi connectivity index (χ4v) is 1.47. The molecule has 2 heterocycles. The number of nitrogens with zero attached hydrogens (tertiary/aromatic N) is 2. The minimum atomic E-state index is -0.0562. The van der Waals surface area contributed by atoms with Crippen molar-refractivity contribution in [2.45, 2.75) is 19.7 Å². The van der Waals surface area contributed by atoms with Crippen LogP contribution in [0.15, 0.2) is 28.9 Å². The fourth-order valence-electron chi connectivity index (χ4n) is 1.47. The molecule has 0 aliphatic carbocycles. The summed E-state index contributed by atoms with van der Waals surface area (Å²) in [5, 5.41) is 12.1. The van der Waals surface area contributed by atoms with Crippen LogP contribution in [-0.2, 0) is 26.7 Å². The molecule has 5 nitrogen and oxygen atoms in total. The van der Waals surface area contributed by atoms with E-state index in [0.29, 0.717) is 18.8 Å². The highest BCUT2D eigenvalue weighted by molar-refractivity contribution is 5.06. The summed E-state index contributed by atoms with van der Waals surface area (Å²) < 4.78 is 7.31. The van der Waals surface area contributed by atoms with Gasteiger partial charge in [-0.3, -0.25) is 0 Å². The SMILES string of the molecule is Cn1ccnc1CNCc1ccc(CO)o1. The van der Waals surface area contributed by atoms with Crippen molar-refractivity contribution in [1.82, 2.24) is 14.9 Å². The van der Waals surface area contributed by atoms with E-state index in [9.17, 15) is 0 Å². The Bertz CT molecular complexity index is 448. The molecule has 0 atom stereocenters. The van der Waals surface area contributed by atoms with Gasteiger partial charge in [-0.2, -0.15) is 0 Å². The second kappa shape index (κ2) is 4.96. The monoisotopic (exact) mass is 221 g/mol. The van der Waals surface area contributed by atoms with E-state index in [-0.39, 0.29) is 6.61 Å². The van der Waals surface area contributed by atoms with Gasteiger partial charge in [-0.1, -0.05) is 0 Å². The van der Waals surface area contributed by atoms with Crippen molar-refractivity contribution in [2.75, 3.05) is 0 Å². The third kappa shape index (κ3) is 2.50. The van der Waals surface area contributed by atoms with Crippen molar-refractivity contribution < 1.29 is 9.52 Å². The number of imidazole rings is 1. The molecule has 0 saturated carbocycles. The van der Waals surface area contributed by atoms with Crippen LogP contribution in [0.4, 0.5) is 0 Å². The molecule has 0 bridgehead atoms. The quantitative estimate of drug-likeness (QED) is 0.783. The number of hydrogen-bond donors (Lipinski definition) is 2. The first-order valence-electron chi connectivity index (χ1n) is 5.15. The Morgan fingerprint density at radius 2 is 2.19 bits per heavy atom. The largest absolute Gasteiger partial charge is 0.462 e. The topological polar surface area (TPSA) is 63.2 Å². The smallest absolute Gasteiger partial charge is 0.129 e. The maximum atomic E-state index is 8.84. The van der Waals surface area contributed by atoms with Crippen LogP contribution < -0.4 is 5.32 Å². The lowest BCUT2D eigenvalue weighted by Crippen LogP contribution is -2.15. The number of hydrogen-bond acceptors (Lipinski definition) is 4. The van der Waals surface area contributed by atoms with Crippen molar-refractivity contribution in [3.05, 3.63) is 41.9 Å². The van der Waals surface area contributed by atoms with Gasteiger partial charge in [0.15, 0.2) is 0 Å². The van der Waals surface area contributed by atoms with Gasteiger partial charge in [-0.05, 0) is 12.1 Å². The summed E-state index contributed by atoms with van der Waals surface area (Å²) in [6.07, 6.45) is 3.68. The number of rotatable bonds is 5. The van der Waals surface area contributed by atoms with Crippen LogP contribution in [0.2, 0.25) is 0 Å². The molecule has 0 radical (unpaired) electrons. The van der Waals surface area contributed by atoms with Gasteiger partial charge in [-0.15, -0.1) is 0 Å². The highest BCUT2D eigenvalue weighted by atomic mass is 16.4. The van der Waals surface area contributed by atoms with E-state index in [0.717, 1.165) is 11.6 Å². The second-order valence-corrected chi connectivity index (χ2v) is 3.58. The molecule has 5 heteroatoms. The summed E-state index contributed by atoms with van der Waals surface area (Å²) in [4.78, 5) is 4.20. The van der Waals surface area contributed by atoms with Crippen LogP contribution in [0.5, 0.6) is 0 Å². The van der Waals surface area contributed by atoms with Crippen LogP contribution in [0.3, 0.4) is 0 Å². The molecule has 0 aliphatic rings. The molecule has 2 rings (SSSR count). The molecule has 0 aliphatic heterocycles. The van der Waals surface area contributed by atoms with E-state index in [1.165, 1.54) is 0 Å². The third-order valence-corrected chi connectivity index (χ3v) is 2.38. The summed E-state index contributed by atoms with van der Waals surface area (Å²) >= 11 is 0. The molecule has 86 valence electrons. The van der Waals surface area contributed by atoms with Gasteiger partial charge >= 0.3 is 0 Å². The molecule has 2 aromatic heterocycles. The van der Waals surface area contributed by atoms with Gasteiger partial charge in [0.1, 0.15) is 24.0 Å². The van der Waals surface area contributed by atoms with Gasteiger partial charge in [0, 0.05) is 19.4 Å². The molecule has 0 spiro atoms. The van der Waals surface area contributed by atoms with Crippen LogP contribution in [0, 0.1) is 0 Å². The number of furan rings is 1. The summed E-state index contributed by atoms with van der Waals surface area (Å²) in [6.45, 7) is 1.27. The summed E-state index contributed by atoms with van der Waals surface area (Å²) in [6, 6.07) is 3.63. The van der Waals surface area contributed by atoms with Crippen LogP contribution in [-0.4, -0.2) is 14.7 Å². The Hall–Kier alpha value is -1.59. The average Bonchev–Trinajstić information content (AvgIpc) is 2.89. The molecular formula is C11H15N3O2. The Morgan fingerprint density at radius 3 is 2.81 bits per heavy atom. The highest BCUT2D eigenvalue weighted by Crippen LogP contribution is 2.07. The molecule has 0 amide bonds. The zero-order valence-electron chi connectivity index (χ0n) is 9.18. The number of aliphatic hydroxyl groups excluding tert-OH is 1. The van der Waals surface area contributed by atoms with Gasteiger partial charge in [-0.25, -0.2) is 4.98 Å². The van der Waals surface area contributed by atoms with Crippen molar-refractivity contribution in [1.29, 1.82) is 0 Å². The van der Waals surface area contributed by atoms with Crippen molar-refractivity contribution in [3.63, 3.8) is 0 Å². The number of aromatic nitrogens is 2. The first-order valence-corrected chi connectivity index (χ1v) is 5.15. The maximum absolute atomic E-state index is 8.84. The zero-order chi connectivity index (χ0) is 11.4. The van der Waals surface area contributed by atoms with E-state index < -0.39 is 0 Å². The number of nitrogens with one attached hydrogen (secondary N) is 1. The van der Waals surface area contributed by atoms with Gasteiger partial charge in [0.05, 0.1) is 13.1 Å². The number of aliphatic hydroxyl groups is 1. The van der Waals surface area contributed by atoms with Crippen LogP contribution in [0.25, 0.3) is 0 Å². The Labute approximate surface area is 93.7 Å². The van der Waals surface area contributed by atoms with Gasteiger partial charge in [0.2, 0.25) is 0 Å². The number of aryl methyl sites for hydroxylation is 1. The predicted octanol–water partition coefficient (Wildman–Crippen LogP) is 0.795. The fraction of sp³-hybridized carbons (Fsp3) is 0.364. The average molecular weight is 221 g/mol. The molecule has 16 heavy (non-hydrogen) atoms. The molecule has 0 unspecified atom stereocenters. The van der Waals surface area contributed by atoms with Crippen molar-refractivity contribution in [2.24, 2.45) is 7.05 Å². The van der Waals surface area contributed by atoms with E-state index in [2.05, 4.69) is 10.3 Å². The van der Waals surface area contributed by atoms with Gasteiger partial charge < -0.3 is 19.4 Å².